The highest BCUT2D eigenvalue weighted by Crippen LogP contribution is 2.37. The topological polar surface area (TPSA) is 66.5 Å². The van der Waals surface area contributed by atoms with Gasteiger partial charge in [-0.2, -0.15) is 0 Å². The van der Waals surface area contributed by atoms with Crippen molar-refractivity contribution in [3.05, 3.63) is 34.9 Å². The molecule has 0 saturated carbocycles. The quantitative estimate of drug-likeness (QED) is 0.826. The number of halogens is 1. The summed E-state index contributed by atoms with van der Waals surface area (Å²) in [5.74, 6) is 0.178. The van der Waals surface area contributed by atoms with Crippen molar-refractivity contribution < 1.29 is 13.2 Å². The first-order valence-corrected chi connectivity index (χ1v) is 11.3. The summed E-state index contributed by atoms with van der Waals surface area (Å²) >= 11 is 5.93. The third-order valence-electron chi connectivity index (χ3n) is 5.42. The van der Waals surface area contributed by atoms with Crippen molar-refractivity contribution in [2.45, 2.75) is 32.1 Å². The van der Waals surface area contributed by atoms with Gasteiger partial charge in [-0.3, -0.25) is 9.69 Å². The standard InChI is InChI=1S/C19H27ClN2O3S/c1-13(2)9-21-19(23)16-7-8-26(24,25)18-12-22(11-17(16)18)10-14-3-5-15(20)6-4-14/h3-6,13,16-18H,7-12H2,1-2H3,(H,21,23)/t16-,17+,18+/m1/s1. The zero-order valence-corrected chi connectivity index (χ0v) is 16.9. The molecule has 0 aliphatic carbocycles. The molecule has 7 heteroatoms. The molecule has 0 radical (unpaired) electrons. The predicted molar refractivity (Wildman–Crippen MR) is 104 cm³/mol. The van der Waals surface area contributed by atoms with E-state index in [1.54, 1.807) is 0 Å². The summed E-state index contributed by atoms with van der Waals surface area (Å²) in [5, 5.41) is 3.25. The van der Waals surface area contributed by atoms with Crippen LogP contribution in [0.5, 0.6) is 0 Å². The monoisotopic (exact) mass is 398 g/mol. The fraction of sp³-hybridized carbons (Fsp3) is 0.632. The molecular formula is C19H27ClN2O3S. The SMILES string of the molecule is CC(C)CNC(=O)[C@@H]1CCS(=O)(=O)[C@H]2CN(Cc3ccc(Cl)cc3)C[C@@H]12. The number of carbonyl (C=O) groups is 1. The lowest BCUT2D eigenvalue weighted by atomic mass is 9.87. The van der Waals surface area contributed by atoms with Gasteiger partial charge in [-0.25, -0.2) is 8.42 Å². The molecule has 5 nitrogen and oxygen atoms in total. The van der Waals surface area contributed by atoms with Crippen LogP contribution < -0.4 is 5.32 Å². The minimum atomic E-state index is -3.13. The molecule has 0 aromatic heterocycles. The summed E-state index contributed by atoms with van der Waals surface area (Å²) in [7, 11) is -3.13. The lowest BCUT2D eigenvalue weighted by Crippen LogP contribution is -2.47. The van der Waals surface area contributed by atoms with Crippen molar-refractivity contribution in [1.82, 2.24) is 10.2 Å². The third-order valence-corrected chi connectivity index (χ3v) is 7.89. The fourth-order valence-electron chi connectivity index (χ4n) is 4.04. The first kappa shape index (κ1) is 19.6. The van der Waals surface area contributed by atoms with E-state index in [4.69, 9.17) is 11.6 Å². The Labute approximate surface area is 161 Å². The van der Waals surface area contributed by atoms with E-state index in [0.29, 0.717) is 43.5 Å². The van der Waals surface area contributed by atoms with Crippen molar-refractivity contribution in [3.8, 4) is 0 Å². The van der Waals surface area contributed by atoms with Crippen molar-refractivity contribution in [3.63, 3.8) is 0 Å². The normalized spacial score (nSPS) is 28.1. The van der Waals surface area contributed by atoms with E-state index >= 15 is 0 Å². The second kappa shape index (κ2) is 7.87. The highest BCUT2D eigenvalue weighted by Gasteiger charge is 2.50. The summed E-state index contributed by atoms with van der Waals surface area (Å²) in [6.45, 7) is 6.57. The van der Waals surface area contributed by atoms with E-state index in [0.717, 1.165) is 5.56 Å². The zero-order chi connectivity index (χ0) is 18.9. The number of sulfone groups is 1. The van der Waals surface area contributed by atoms with Crippen LogP contribution in [0.4, 0.5) is 0 Å². The minimum absolute atomic E-state index is 0.0111. The van der Waals surface area contributed by atoms with Crippen LogP contribution in [0.1, 0.15) is 25.8 Å². The van der Waals surface area contributed by atoms with Gasteiger partial charge in [0.25, 0.3) is 0 Å². The van der Waals surface area contributed by atoms with Gasteiger partial charge in [0, 0.05) is 43.0 Å². The van der Waals surface area contributed by atoms with Crippen molar-refractivity contribution in [2.24, 2.45) is 17.8 Å². The highest BCUT2D eigenvalue weighted by molar-refractivity contribution is 7.92. The minimum Gasteiger partial charge on any atom is -0.356 e. The van der Waals surface area contributed by atoms with Crippen LogP contribution in [0.25, 0.3) is 0 Å². The molecule has 2 saturated heterocycles. The van der Waals surface area contributed by atoms with Crippen molar-refractivity contribution in [1.29, 1.82) is 0 Å². The summed E-state index contributed by atoms with van der Waals surface area (Å²) < 4.78 is 25.1. The van der Waals surface area contributed by atoms with Crippen molar-refractivity contribution in [2.75, 3.05) is 25.4 Å². The van der Waals surface area contributed by atoms with Crippen LogP contribution in [-0.4, -0.2) is 49.9 Å². The summed E-state index contributed by atoms with van der Waals surface area (Å²) in [5.41, 5.74) is 1.10. The molecule has 3 atom stereocenters. The Morgan fingerprint density at radius 3 is 2.62 bits per heavy atom. The summed E-state index contributed by atoms with van der Waals surface area (Å²) in [4.78, 5) is 14.8. The average Bonchev–Trinajstić information content (AvgIpc) is 3.00. The molecule has 2 fully saturated rings. The highest BCUT2D eigenvalue weighted by atomic mass is 35.5. The molecule has 0 spiro atoms. The first-order valence-electron chi connectivity index (χ1n) is 9.22. The molecule has 1 aromatic carbocycles. The van der Waals surface area contributed by atoms with E-state index in [1.165, 1.54) is 0 Å². The number of hydrogen-bond acceptors (Lipinski definition) is 4. The number of likely N-dealkylation sites (tertiary alicyclic amines) is 1. The average molecular weight is 399 g/mol. The molecule has 2 heterocycles. The number of fused-ring (bicyclic) bond motifs is 1. The second-order valence-corrected chi connectivity index (χ2v) is 10.7. The van der Waals surface area contributed by atoms with Gasteiger partial charge in [0.2, 0.25) is 5.91 Å². The molecule has 26 heavy (non-hydrogen) atoms. The van der Waals surface area contributed by atoms with Crippen LogP contribution >= 0.6 is 11.6 Å². The number of carbonyl (C=O) groups excluding carboxylic acids is 1. The largest absolute Gasteiger partial charge is 0.356 e. The van der Waals surface area contributed by atoms with Crippen LogP contribution in [-0.2, 0) is 21.2 Å². The Bertz CT molecular complexity index is 749. The van der Waals surface area contributed by atoms with Crippen LogP contribution in [0.3, 0.4) is 0 Å². The molecule has 1 amide bonds. The van der Waals surface area contributed by atoms with Gasteiger partial charge in [-0.05, 0) is 30.0 Å². The summed E-state index contributed by atoms with van der Waals surface area (Å²) in [6, 6.07) is 7.62. The second-order valence-electron chi connectivity index (χ2n) is 7.92. The van der Waals surface area contributed by atoms with E-state index in [2.05, 4.69) is 24.1 Å². The van der Waals surface area contributed by atoms with E-state index in [-0.39, 0.29) is 23.5 Å². The maximum atomic E-state index is 12.6. The number of amides is 1. The van der Waals surface area contributed by atoms with Gasteiger partial charge in [0.05, 0.1) is 11.0 Å². The number of rotatable bonds is 5. The Balaban J connectivity index is 1.71. The number of nitrogens with one attached hydrogen (secondary N) is 1. The van der Waals surface area contributed by atoms with Crippen LogP contribution in [0.15, 0.2) is 24.3 Å². The molecule has 2 aliphatic rings. The van der Waals surface area contributed by atoms with E-state index < -0.39 is 15.1 Å². The first-order chi connectivity index (χ1) is 12.3. The van der Waals surface area contributed by atoms with Crippen molar-refractivity contribution >= 4 is 27.3 Å². The maximum absolute atomic E-state index is 12.6. The predicted octanol–water partition coefficient (Wildman–Crippen LogP) is 2.35. The number of nitrogens with zero attached hydrogens (tertiary/aromatic N) is 1. The number of hydrogen-bond donors (Lipinski definition) is 1. The van der Waals surface area contributed by atoms with E-state index in [1.807, 2.05) is 24.3 Å². The van der Waals surface area contributed by atoms with Gasteiger partial charge in [-0.15, -0.1) is 0 Å². The lowest BCUT2D eigenvalue weighted by Gasteiger charge is -2.32. The molecule has 0 unspecified atom stereocenters. The fourth-order valence-corrected chi connectivity index (χ4v) is 6.30. The van der Waals surface area contributed by atoms with Gasteiger partial charge in [0.15, 0.2) is 9.84 Å². The van der Waals surface area contributed by atoms with Gasteiger partial charge >= 0.3 is 0 Å². The Morgan fingerprint density at radius 1 is 1.27 bits per heavy atom. The lowest BCUT2D eigenvalue weighted by molar-refractivity contribution is -0.126. The third kappa shape index (κ3) is 4.41. The molecule has 0 bridgehead atoms. The molecule has 1 N–H and O–H groups in total. The van der Waals surface area contributed by atoms with Gasteiger partial charge in [-0.1, -0.05) is 37.6 Å². The molecule has 144 valence electrons. The van der Waals surface area contributed by atoms with Gasteiger partial charge < -0.3 is 5.32 Å². The Hall–Kier alpha value is -1.11. The van der Waals surface area contributed by atoms with Crippen LogP contribution in [0, 0.1) is 17.8 Å². The number of benzene rings is 1. The maximum Gasteiger partial charge on any atom is 0.223 e. The van der Waals surface area contributed by atoms with E-state index in [9.17, 15) is 13.2 Å². The zero-order valence-electron chi connectivity index (χ0n) is 15.3. The summed E-state index contributed by atoms with van der Waals surface area (Å²) in [6.07, 6.45) is 0.433. The molecule has 2 aliphatic heterocycles. The molecule has 3 rings (SSSR count). The Morgan fingerprint density at radius 2 is 1.96 bits per heavy atom. The molecule has 1 aromatic rings. The van der Waals surface area contributed by atoms with Gasteiger partial charge in [0.1, 0.15) is 0 Å². The Kier molecular flexibility index (Phi) is 5.94. The smallest absolute Gasteiger partial charge is 0.223 e. The molecular weight excluding hydrogens is 372 g/mol. The van der Waals surface area contributed by atoms with Crippen LogP contribution in [0.2, 0.25) is 5.02 Å².